The standard InChI is InChI=1S/C14H15F2N3O2S.ClH/c1-8(9-2-4-10(5-3-9)21-14(15)16)18-13(20)11-7-22-12(6-17)19-11;/h2-5,7-8,14H,6,17H2,1H3,(H,18,20);1H. The van der Waals surface area contributed by atoms with Gasteiger partial charge in [0.05, 0.1) is 6.04 Å². The van der Waals surface area contributed by atoms with E-state index >= 15 is 0 Å². The molecule has 1 heterocycles. The molecule has 1 atom stereocenters. The second kappa shape index (κ2) is 8.76. The number of benzene rings is 1. The van der Waals surface area contributed by atoms with Gasteiger partial charge in [0.15, 0.2) is 0 Å². The number of alkyl halides is 2. The van der Waals surface area contributed by atoms with Crippen LogP contribution in [0.4, 0.5) is 8.78 Å². The monoisotopic (exact) mass is 363 g/mol. The van der Waals surface area contributed by atoms with Gasteiger partial charge in [-0.1, -0.05) is 12.1 Å². The third-order valence-electron chi connectivity index (χ3n) is 2.91. The first-order chi connectivity index (χ1) is 10.5. The summed E-state index contributed by atoms with van der Waals surface area (Å²) in [6, 6.07) is 5.81. The van der Waals surface area contributed by atoms with Gasteiger partial charge in [-0.3, -0.25) is 4.79 Å². The minimum atomic E-state index is -2.86. The molecule has 1 aromatic carbocycles. The van der Waals surface area contributed by atoms with Gasteiger partial charge in [-0.15, -0.1) is 23.7 Å². The van der Waals surface area contributed by atoms with Gasteiger partial charge in [0.25, 0.3) is 5.91 Å². The zero-order valence-electron chi connectivity index (χ0n) is 12.2. The largest absolute Gasteiger partial charge is 0.435 e. The van der Waals surface area contributed by atoms with Crippen molar-refractivity contribution in [2.75, 3.05) is 0 Å². The molecule has 9 heteroatoms. The summed E-state index contributed by atoms with van der Waals surface area (Å²) in [5, 5.41) is 5.11. The fourth-order valence-electron chi connectivity index (χ4n) is 1.80. The van der Waals surface area contributed by atoms with Gasteiger partial charge in [0.1, 0.15) is 16.5 Å². The molecule has 0 bridgehead atoms. The maximum absolute atomic E-state index is 12.1. The zero-order chi connectivity index (χ0) is 16.1. The Morgan fingerprint density at radius 2 is 2.04 bits per heavy atom. The van der Waals surface area contributed by atoms with Gasteiger partial charge < -0.3 is 15.8 Å². The van der Waals surface area contributed by atoms with Crippen LogP contribution in [-0.4, -0.2) is 17.5 Å². The van der Waals surface area contributed by atoms with Crippen molar-refractivity contribution in [3.05, 3.63) is 45.9 Å². The zero-order valence-corrected chi connectivity index (χ0v) is 13.8. The summed E-state index contributed by atoms with van der Waals surface area (Å²) < 4.78 is 28.4. The molecule has 2 rings (SSSR count). The molecule has 2 aromatic rings. The van der Waals surface area contributed by atoms with Gasteiger partial charge in [-0.2, -0.15) is 8.78 Å². The van der Waals surface area contributed by atoms with Crippen molar-refractivity contribution in [1.82, 2.24) is 10.3 Å². The molecular weight excluding hydrogens is 348 g/mol. The van der Waals surface area contributed by atoms with Crippen LogP contribution >= 0.6 is 23.7 Å². The molecule has 1 amide bonds. The molecular formula is C14H16ClF2N3O2S. The number of carbonyl (C=O) groups excluding carboxylic acids is 1. The molecule has 23 heavy (non-hydrogen) atoms. The first-order valence-electron chi connectivity index (χ1n) is 6.49. The lowest BCUT2D eigenvalue weighted by Crippen LogP contribution is -2.27. The molecule has 0 spiro atoms. The predicted molar refractivity (Wildman–Crippen MR) is 86.2 cm³/mol. The van der Waals surface area contributed by atoms with Gasteiger partial charge in [-0.25, -0.2) is 4.98 Å². The Bertz CT molecular complexity index is 637. The highest BCUT2D eigenvalue weighted by molar-refractivity contribution is 7.09. The summed E-state index contributed by atoms with van der Waals surface area (Å²) in [5.74, 6) is -0.235. The second-order valence-corrected chi connectivity index (χ2v) is 5.42. The van der Waals surface area contributed by atoms with Gasteiger partial charge in [-0.05, 0) is 24.6 Å². The first-order valence-corrected chi connectivity index (χ1v) is 7.37. The van der Waals surface area contributed by atoms with Crippen molar-refractivity contribution in [2.45, 2.75) is 26.1 Å². The lowest BCUT2D eigenvalue weighted by molar-refractivity contribution is -0.0498. The Morgan fingerprint density at radius 1 is 1.39 bits per heavy atom. The van der Waals surface area contributed by atoms with Crippen molar-refractivity contribution >= 4 is 29.7 Å². The van der Waals surface area contributed by atoms with Crippen molar-refractivity contribution in [1.29, 1.82) is 0 Å². The third-order valence-corrected chi connectivity index (χ3v) is 3.78. The Labute approximate surface area is 142 Å². The number of ether oxygens (including phenoxy) is 1. The summed E-state index contributed by atoms with van der Waals surface area (Å²) in [6.45, 7) is -0.778. The Morgan fingerprint density at radius 3 is 2.57 bits per heavy atom. The highest BCUT2D eigenvalue weighted by Crippen LogP contribution is 2.19. The number of rotatable bonds is 6. The Kier molecular flexibility index (Phi) is 7.34. The summed E-state index contributed by atoms with van der Waals surface area (Å²) in [4.78, 5) is 16.1. The highest BCUT2D eigenvalue weighted by atomic mass is 35.5. The average Bonchev–Trinajstić information content (AvgIpc) is 2.96. The van der Waals surface area contributed by atoms with E-state index in [1.807, 2.05) is 0 Å². The number of aromatic nitrogens is 1. The lowest BCUT2D eigenvalue weighted by Gasteiger charge is -2.14. The quantitative estimate of drug-likeness (QED) is 0.826. The summed E-state index contributed by atoms with van der Waals surface area (Å²) >= 11 is 1.32. The number of nitrogens with one attached hydrogen (secondary N) is 1. The normalized spacial score (nSPS) is 11.7. The van der Waals surface area contributed by atoms with Gasteiger partial charge in [0, 0.05) is 11.9 Å². The molecule has 1 aromatic heterocycles. The number of carbonyl (C=O) groups is 1. The molecule has 0 aliphatic carbocycles. The van der Waals surface area contributed by atoms with Crippen LogP contribution in [0.3, 0.4) is 0 Å². The van der Waals surface area contributed by atoms with Crippen LogP contribution in [0, 0.1) is 0 Å². The Balaban J connectivity index is 0.00000264. The third kappa shape index (κ3) is 5.42. The lowest BCUT2D eigenvalue weighted by atomic mass is 10.1. The van der Waals surface area contributed by atoms with E-state index in [1.165, 1.54) is 23.5 Å². The summed E-state index contributed by atoms with van der Waals surface area (Å²) in [5.41, 5.74) is 6.54. The van der Waals surface area contributed by atoms with Gasteiger partial charge >= 0.3 is 6.61 Å². The fraction of sp³-hybridized carbons (Fsp3) is 0.286. The first kappa shape index (κ1) is 19.3. The molecule has 0 aliphatic rings. The van der Waals surface area contributed by atoms with E-state index in [0.29, 0.717) is 17.2 Å². The van der Waals surface area contributed by atoms with E-state index in [1.54, 1.807) is 24.4 Å². The smallest absolute Gasteiger partial charge is 0.387 e. The number of amides is 1. The number of nitrogens with two attached hydrogens (primary N) is 1. The van der Waals surface area contributed by atoms with Crippen molar-refractivity contribution in [3.63, 3.8) is 0 Å². The van der Waals surface area contributed by atoms with Crippen LogP contribution in [0.2, 0.25) is 0 Å². The molecule has 1 unspecified atom stereocenters. The van der Waals surface area contributed by atoms with E-state index in [4.69, 9.17) is 5.73 Å². The molecule has 0 saturated heterocycles. The molecule has 0 saturated carbocycles. The molecule has 126 valence electrons. The maximum atomic E-state index is 12.1. The van der Waals surface area contributed by atoms with Crippen LogP contribution < -0.4 is 15.8 Å². The van der Waals surface area contributed by atoms with E-state index < -0.39 is 6.61 Å². The number of thiazole rings is 1. The Hall–Kier alpha value is -1.77. The van der Waals surface area contributed by atoms with E-state index in [9.17, 15) is 13.6 Å². The minimum Gasteiger partial charge on any atom is -0.435 e. The van der Waals surface area contributed by atoms with Crippen LogP contribution in [-0.2, 0) is 6.54 Å². The van der Waals surface area contributed by atoms with E-state index in [2.05, 4.69) is 15.0 Å². The molecule has 3 N–H and O–H groups in total. The van der Waals surface area contributed by atoms with E-state index in [-0.39, 0.29) is 30.1 Å². The van der Waals surface area contributed by atoms with Crippen molar-refractivity contribution < 1.29 is 18.3 Å². The molecule has 0 radical (unpaired) electrons. The van der Waals surface area contributed by atoms with E-state index in [0.717, 1.165) is 5.56 Å². The number of hydrogen-bond donors (Lipinski definition) is 2. The molecule has 5 nitrogen and oxygen atoms in total. The number of hydrogen-bond acceptors (Lipinski definition) is 5. The number of halogens is 3. The van der Waals surface area contributed by atoms with Crippen molar-refractivity contribution in [2.24, 2.45) is 5.73 Å². The maximum Gasteiger partial charge on any atom is 0.387 e. The van der Waals surface area contributed by atoms with Crippen LogP contribution in [0.25, 0.3) is 0 Å². The van der Waals surface area contributed by atoms with Gasteiger partial charge in [0.2, 0.25) is 0 Å². The number of nitrogens with zero attached hydrogens (tertiary/aromatic N) is 1. The fourth-order valence-corrected chi connectivity index (χ4v) is 2.46. The second-order valence-electron chi connectivity index (χ2n) is 4.47. The van der Waals surface area contributed by atoms with Crippen LogP contribution in [0.1, 0.15) is 34.0 Å². The molecule has 0 aliphatic heterocycles. The minimum absolute atomic E-state index is 0. The van der Waals surface area contributed by atoms with Crippen LogP contribution in [0.15, 0.2) is 29.6 Å². The average molecular weight is 364 g/mol. The van der Waals surface area contributed by atoms with Crippen molar-refractivity contribution in [3.8, 4) is 5.75 Å². The predicted octanol–water partition coefficient (Wildman–Crippen LogP) is 3.12. The summed E-state index contributed by atoms with van der Waals surface area (Å²) in [7, 11) is 0. The highest BCUT2D eigenvalue weighted by Gasteiger charge is 2.14. The SMILES string of the molecule is CC(NC(=O)c1csc(CN)n1)c1ccc(OC(F)F)cc1.Cl. The topological polar surface area (TPSA) is 77.2 Å². The molecule has 0 fully saturated rings. The summed E-state index contributed by atoms with van der Waals surface area (Å²) in [6.07, 6.45) is 0. The van der Waals surface area contributed by atoms with Crippen LogP contribution in [0.5, 0.6) is 5.75 Å².